The first kappa shape index (κ1) is 13.8. The summed E-state index contributed by atoms with van der Waals surface area (Å²) in [6, 6.07) is 0. The summed E-state index contributed by atoms with van der Waals surface area (Å²) in [6.07, 6.45) is 5.76. The van der Waals surface area contributed by atoms with Gasteiger partial charge in [-0.2, -0.15) is 0 Å². The Morgan fingerprint density at radius 2 is 2.05 bits per heavy atom. The van der Waals surface area contributed by atoms with E-state index in [1.54, 1.807) is 18.4 Å². The van der Waals surface area contributed by atoms with Crippen LogP contribution >= 0.6 is 11.3 Å². The monoisotopic (exact) mass is 291 g/mol. The largest absolute Gasteiger partial charge is 0.355 e. The third kappa shape index (κ3) is 2.53. The molecule has 20 heavy (non-hydrogen) atoms. The normalized spacial score (nSPS) is 21.4. The summed E-state index contributed by atoms with van der Waals surface area (Å²) >= 11 is 1.70. The fourth-order valence-electron chi connectivity index (χ4n) is 3.04. The Morgan fingerprint density at radius 1 is 1.30 bits per heavy atom. The van der Waals surface area contributed by atoms with Gasteiger partial charge in [-0.05, 0) is 43.6 Å². The van der Waals surface area contributed by atoms with Gasteiger partial charge in [-0.25, -0.2) is 0 Å². The second-order valence-electron chi connectivity index (χ2n) is 6.15. The summed E-state index contributed by atoms with van der Waals surface area (Å²) in [7, 11) is 1.67. The van der Waals surface area contributed by atoms with Gasteiger partial charge in [0.2, 0.25) is 0 Å². The van der Waals surface area contributed by atoms with E-state index in [4.69, 9.17) is 0 Å². The highest BCUT2D eigenvalue weighted by atomic mass is 32.1. The van der Waals surface area contributed by atoms with Crippen molar-refractivity contribution in [3.05, 3.63) is 20.9 Å². The van der Waals surface area contributed by atoms with Crippen molar-refractivity contribution in [3.63, 3.8) is 0 Å². The maximum absolute atomic E-state index is 12.2. The number of Topliss-reactive ketones (excluding diaryl/α,β-unsaturated/α-hetero) is 1. The molecule has 0 spiro atoms. The molecule has 0 aliphatic heterocycles. The zero-order valence-electron chi connectivity index (χ0n) is 12.1. The Hall–Kier alpha value is -1.16. The number of hydrogen-bond acceptors (Lipinski definition) is 3. The molecule has 1 fully saturated rings. The molecule has 1 N–H and O–H groups in total. The van der Waals surface area contributed by atoms with Crippen molar-refractivity contribution in [2.75, 3.05) is 7.05 Å². The van der Waals surface area contributed by atoms with Gasteiger partial charge < -0.3 is 5.32 Å². The molecule has 2 aliphatic rings. The van der Waals surface area contributed by atoms with Gasteiger partial charge in [0.25, 0.3) is 5.91 Å². The van der Waals surface area contributed by atoms with Crippen LogP contribution in [0.5, 0.6) is 0 Å². The Labute approximate surface area is 123 Å². The molecule has 3 rings (SSSR count). The summed E-state index contributed by atoms with van der Waals surface area (Å²) in [6.45, 7) is 2.24. The molecule has 0 bridgehead atoms. The van der Waals surface area contributed by atoms with E-state index in [1.165, 1.54) is 16.9 Å². The lowest BCUT2D eigenvalue weighted by Gasteiger charge is -2.19. The number of thiophene rings is 1. The van der Waals surface area contributed by atoms with Crippen molar-refractivity contribution >= 4 is 23.0 Å². The molecule has 0 saturated heterocycles. The Kier molecular flexibility index (Phi) is 3.67. The van der Waals surface area contributed by atoms with Crippen molar-refractivity contribution in [2.45, 2.75) is 45.4 Å². The minimum atomic E-state index is -0.0183. The van der Waals surface area contributed by atoms with Crippen molar-refractivity contribution in [2.24, 2.45) is 11.8 Å². The molecule has 108 valence electrons. The lowest BCUT2D eigenvalue weighted by Crippen LogP contribution is -2.22. The topological polar surface area (TPSA) is 46.2 Å². The van der Waals surface area contributed by atoms with Crippen LogP contribution in [-0.4, -0.2) is 18.7 Å². The van der Waals surface area contributed by atoms with Gasteiger partial charge in [0.05, 0.1) is 5.56 Å². The summed E-state index contributed by atoms with van der Waals surface area (Å²) in [5.74, 6) is 1.20. The summed E-state index contributed by atoms with van der Waals surface area (Å²) in [5, 5.41) is 2.75. The number of hydrogen-bond donors (Lipinski definition) is 1. The van der Waals surface area contributed by atoms with Gasteiger partial charge in [0.15, 0.2) is 0 Å². The van der Waals surface area contributed by atoms with E-state index < -0.39 is 0 Å². The molecule has 3 nitrogen and oxygen atoms in total. The van der Waals surface area contributed by atoms with Crippen LogP contribution in [0.25, 0.3) is 0 Å². The van der Waals surface area contributed by atoms with Gasteiger partial charge >= 0.3 is 0 Å². The minimum absolute atomic E-state index is 0.0183. The fraction of sp³-hybridized carbons (Fsp3) is 0.625. The van der Waals surface area contributed by atoms with Crippen LogP contribution in [-0.2, 0) is 24.1 Å². The predicted octanol–water partition coefficient (Wildman–Crippen LogP) is 2.75. The molecule has 1 atom stereocenters. The number of amides is 1. The first-order valence-corrected chi connectivity index (χ1v) is 8.30. The van der Waals surface area contributed by atoms with Gasteiger partial charge in [-0.15, -0.1) is 11.3 Å². The number of rotatable bonds is 4. The van der Waals surface area contributed by atoms with Gasteiger partial charge in [0, 0.05) is 29.1 Å². The Balaban J connectivity index is 1.95. The van der Waals surface area contributed by atoms with E-state index in [1.807, 2.05) is 0 Å². The quantitative estimate of drug-likeness (QED) is 0.927. The summed E-state index contributed by atoms with van der Waals surface area (Å²) in [5.41, 5.74) is 2.03. The number of nitrogens with one attached hydrogen (secondary N) is 1. The Morgan fingerprint density at radius 3 is 2.70 bits per heavy atom. The van der Waals surface area contributed by atoms with E-state index in [9.17, 15) is 9.59 Å². The van der Waals surface area contributed by atoms with Gasteiger partial charge in [-0.3, -0.25) is 9.59 Å². The minimum Gasteiger partial charge on any atom is -0.355 e. The van der Waals surface area contributed by atoms with Crippen LogP contribution in [0, 0.1) is 11.8 Å². The third-order valence-electron chi connectivity index (χ3n) is 4.40. The van der Waals surface area contributed by atoms with Gasteiger partial charge in [0.1, 0.15) is 5.78 Å². The second-order valence-corrected chi connectivity index (χ2v) is 7.34. The van der Waals surface area contributed by atoms with Crippen molar-refractivity contribution in [1.82, 2.24) is 5.32 Å². The van der Waals surface area contributed by atoms with E-state index in [2.05, 4.69) is 12.2 Å². The first-order chi connectivity index (χ1) is 9.60. The highest BCUT2D eigenvalue weighted by Gasteiger charge is 2.33. The van der Waals surface area contributed by atoms with Crippen LogP contribution < -0.4 is 5.32 Å². The number of carbonyl (C=O) groups excluding carboxylic acids is 2. The molecule has 1 amide bonds. The number of carbonyl (C=O) groups is 2. The zero-order valence-corrected chi connectivity index (χ0v) is 12.9. The van der Waals surface area contributed by atoms with Crippen LogP contribution in [0.3, 0.4) is 0 Å². The molecule has 1 aromatic heterocycles. The maximum atomic E-state index is 12.2. The molecule has 1 unspecified atom stereocenters. The third-order valence-corrected chi connectivity index (χ3v) is 5.69. The van der Waals surface area contributed by atoms with Crippen LogP contribution in [0.1, 0.15) is 51.9 Å². The lowest BCUT2D eigenvalue weighted by molar-refractivity contribution is -0.119. The first-order valence-electron chi connectivity index (χ1n) is 7.48. The molecule has 0 radical (unpaired) electrons. The standard InChI is InChI=1S/C16H21NO2S/c1-9-3-6-13-11(7-9)15(16(19)17-2)14(20-13)8-12(18)10-4-5-10/h9-10H,3-8H2,1-2H3,(H,17,19). The average molecular weight is 291 g/mol. The van der Waals surface area contributed by atoms with Crippen molar-refractivity contribution in [1.29, 1.82) is 0 Å². The summed E-state index contributed by atoms with van der Waals surface area (Å²) < 4.78 is 0. The zero-order chi connectivity index (χ0) is 14.3. The van der Waals surface area contributed by atoms with Crippen LogP contribution in [0.4, 0.5) is 0 Å². The lowest BCUT2D eigenvalue weighted by atomic mass is 9.87. The second kappa shape index (κ2) is 5.32. The SMILES string of the molecule is CNC(=O)c1c(CC(=O)C2CC2)sc2c1CC(C)CC2. The van der Waals surface area contributed by atoms with Crippen molar-refractivity contribution in [3.8, 4) is 0 Å². The number of fused-ring (bicyclic) bond motifs is 1. The predicted molar refractivity (Wildman–Crippen MR) is 80.3 cm³/mol. The van der Waals surface area contributed by atoms with E-state index in [0.717, 1.165) is 36.1 Å². The van der Waals surface area contributed by atoms with Crippen LogP contribution in [0.15, 0.2) is 0 Å². The maximum Gasteiger partial charge on any atom is 0.252 e. The number of ketones is 1. The molecule has 1 saturated carbocycles. The van der Waals surface area contributed by atoms with Gasteiger partial charge in [-0.1, -0.05) is 6.92 Å². The number of aryl methyl sites for hydroxylation is 1. The average Bonchev–Trinajstić information content (AvgIpc) is 3.21. The summed E-state index contributed by atoms with van der Waals surface area (Å²) in [4.78, 5) is 26.6. The molecule has 2 aliphatic carbocycles. The molecule has 0 aromatic carbocycles. The van der Waals surface area contributed by atoms with Crippen molar-refractivity contribution < 1.29 is 9.59 Å². The molecular weight excluding hydrogens is 270 g/mol. The van der Waals surface area contributed by atoms with Crippen LogP contribution in [0.2, 0.25) is 0 Å². The van der Waals surface area contributed by atoms with E-state index in [0.29, 0.717) is 18.1 Å². The molecular formula is C16H21NO2S. The van der Waals surface area contributed by atoms with E-state index >= 15 is 0 Å². The highest BCUT2D eigenvalue weighted by molar-refractivity contribution is 7.12. The highest BCUT2D eigenvalue weighted by Crippen LogP contribution is 2.38. The molecule has 4 heteroatoms. The smallest absolute Gasteiger partial charge is 0.252 e. The molecule has 1 aromatic rings. The fourth-order valence-corrected chi connectivity index (χ4v) is 4.39. The Bertz CT molecular complexity index is 557. The van der Waals surface area contributed by atoms with E-state index in [-0.39, 0.29) is 11.8 Å². The molecule has 1 heterocycles.